The molecule has 1 N–H and O–H groups in total. The van der Waals surface area contributed by atoms with E-state index < -0.39 is 12.8 Å². The Morgan fingerprint density at radius 3 is 2.67 bits per heavy atom. The van der Waals surface area contributed by atoms with Crippen LogP contribution < -0.4 is 5.32 Å². The highest BCUT2D eigenvalue weighted by molar-refractivity contribution is 7.16. The number of halogens is 4. The van der Waals surface area contributed by atoms with Gasteiger partial charge in [0.1, 0.15) is 6.61 Å². The molecule has 1 heterocycles. The molecule has 0 spiro atoms. The first-order chi connectivity index (χ1) is 8.42. The molecule has 0 saturated heterocycles. The van der Waals surface area contributed by atoms with Crippen LogP contribution in [0, 0.1) is 0 Å². The Bertz CT molecular complexity index is 356. The molecule has 1 rings (SSSR count). The molecule has 1 aromatic rings. The Morgan fingerprint density at radius 1 is 1.44 bits per heavy atom. The number of ether oxygens (including phenoxy) is 1. The van der Waals surface area contributed by atoms with Gasteiger partial charge in [-0.05, 0) is 25.1 Å². The highest BCUT2D eigenvalue weighted by Crippen LogP contribution is 2.28. The third-order valence-corrected chi connectivity index (χ3v) is 3.55. The number of hydrogen-bond acceptors (Lipinski definition) is 3. The molecule has 7 heteroatoms. The molecule has 1 aromatic heterocycles. The summed E-state index contributed by atoms with van der Waals surface area (Å²) in [5.41, 5.74) is 0. The van der Waals surface area contributed by atoms with Crippen molar-refractivity contribution in [2.45, 2.75) is 25.6 Å². The van der Waals surface area contributed by atoms with Crippen molar-refractivity contribution in [2.75, 3.05) is 19.8 Å². The zero-order valence-corrected chi connectivity index (χ0v) is 11.5. The number of thiophene rings is 1. The minimum Gasteiger partial charge on any atom is -0.372 e. The van der Waals surface area contributed by atoms with Crippen LogP contribution in [0.1, 0.15) is 24.3 Å². The molecule has 1 atom stereocenters. The maximum absolute atomic E-state index is 11.9. The second kappa shape index (κ2) is 7.33. The van der Waals surface area contributed by atoms with Crippen molar-refractivity contribution < 1.29 is 17.9 Å². The Morgan fingerprint density at radius 2 is 2.17 bits per heavy atom. The molecule has 104 valence electrons. The summed E-state index contributed by atoms with van der Waals surface area (Å²) in [4.78, 5) is 1.01. The van der Waals surface area contributed by atoms with Crippen LogP contribution in [0.4, 0.5) is 13.2 Å². The van der Waals surface area contributed by atoms with E-state index in [4.69, 9.17) is 11.6 Å². The summed E-state index contributed by atoms with van der Waals surface area (Å²) in [6.45, 7) is 1.54. The summed E-state index contributed by atoms with van der Waals surface area (Å²) in [5.74, 6) is 0. The standard InChI is InChI=1S/C11H15ClF3NOS/c1-2-16-8(9-3-4-10(12)18-9)5-6-17-7-11(13,14)15/h3-4,8,16H,2,5-7H2,1H3. The lowest BCUT2D eigenvalue weighted by Crippen LogP contribution is -2.23. The molecule has 0 saturated carbocycles. The second-order valence-corrected chi connectivity index (χ2v) is 5.46. The molecule has 1 unspecified atom stereocenters. The van der Waals surface area contributed by atoms with Gasteiger partial charge in [0.05, 0.1) is 4.34 Å². The summed E-state index contributed by atoms with van der Waals surface area (Å²) in [6.07, 6.45) is -3.78. The quantitative estimate of drug-likeness (QED) is 0.768. The minimum atomic E-state index is -4.26. The molecule has 0 bridgehead atoms. The van der Waals surface area contributed by atoms with E-state index >= 15 is 0 Å². The van der Waals surface area contributed by atoms with Crippen molar-refractivity contribution in [3.05, 3.63) is 21.3 Å². The topological polar surface area (TPSA) is 21.3 Å². The monoisotopic (exact) mass is 301 g/mol. The molecule has 0 aliphatic rings. The fraction of sp³-hybridized carbons (Fsp3) is 0.636. The molecule has 0 radical (unpaired) electrons. The van der Waals surface area contributed by atoms with E-state index in [9.17, 15) is 13.2 Å². The van der Waals surface area contributed by atoms with Crippen molar-refractivity contribution in [1.82, 2.24) is 5.32 Å². The van der Waals surface area contributed by atoms with E-state index in [-0.39, 0.29) is 12.6 Å². The average molecular weight is 302 g/mol. The first-order valence-corrected chi connectivity index (χ1v) is 6.75. The van der Waals surface area contributed by atoms with Gasteiger partial charge in [-0.15, -0.1) is 11.3 Å². The lowest BCUT2D eigenvalue weighted by molar-refractivity contribution is -0.174. The third kappa shape index (κ3) is 6.04. The van der Waals surface area contributed by atoms with Gasteiger partial charge in [-0.2, -0.15) is 13.2 Å². The van der Waals surface area contributed by atoms with E-state index in [0.29, 0.717) is 10.8 Å². The minimum absolute atomic E-state index is 0.0132. The maximum atomic E-state index is 11.9. The molecule has 0 aliphatic heterocycles. The van der Waals surface area contributed by atoms with Crippen LogP contribution in [-0.2, 0) is 4.74 Å². The van der Waals surface area contributed by atoms with E-state index in [1.165, 1.54) is 11.3 Å². The van der Waals surface area contributed by atoms with Gasteiger partial charge in [0.15, 0.2) is 0 Å². The zero-order valence-electron chi connectivity index (χ0n) is 9.89. The summed E-state index contributed by atoms with van der Waals surface area (Å²) in [7, 11) is 0. The molecular formula is C11H15ClF3NOS. The van der Waals surface area contributed by atoms with Crippen molar-refractivity contribution in [3.8, 4) is 0 Å². The van der Waals surface area contributed by atoms with Gasteiger partial charge in [-0.1, -0.05) is 18.5 Å². The Kier molecular flexibility index (Phi) is 6.42. The summed E-state index contributed by atoms with van der Waals surface area (Å²) in [5, 5.41) is 3.20. The lowest BCUT2D eigenvalue weighted by Gasteiger charge is -2.16. The second-order valence-electron chi connectivity index (χ2n) is 3.71. The smallest absolute Gasteiger partial charge is 0.372 e. The van der Waals surface area contributed by atoms with Crippen LogP contribution in [0.5, 0.6) is 0 Å². The normalized spacial score (nSPS) is 13.8. The fourth-order valence-electron chi connectivity index (χ4n) is 1.50. The van der Waals surface area contributed by atoms with Crippen LogP contribution in [0.3, 0.4) is 0 Å². The first kappa shape index (κ1) is 15.8. The summed E-state index contributed by atoms with van der Waals surface area (Å²) in [6, 6.07) is 3.65. The van der Waals surface area contributed by atoms with Crippen molar-refractivity contribution in [1.29, 1.82) is 0 Å². The number of rotatable bonds is 7. The SMILES string of the molecule is CCNC(CCOCC(F)(F)F)c1ccc(Cl)s1. The predicted octanol–water partition coefficient (Wildman–Crippen LogP) is 4.02. The summed E-state index contributed by atoms with van der Waals surface area (Å²) >= 11 is 7.26. The van der Waals surface area contributed by atoms with E-state index in [1.54, 1.807) is 6.07 Å². The molecule has 2 nitrogen and oxygen atoms in total. The van der Waals surface area contributed by atoms with Crippen LogP contribution in [0.15, 0.2) is 12.1 Å². The summed E-state index contributed by atoms with van der Waals surface area (Å²) < 4.78 is 41.0. The Labute approximate surface area is 113 Å². The maximum Gasteiger partial charge on any atom is 0.411 e. The zero-order chi connectivity index (χ0) is 13.6. The molecule has 18 heavy (non-hydrogen) atoms. The van der Waals surface area contributed by atoms with Gasteiger partial charge in [-0.3, -0.25) is 0 Å². The number of hydrogen-bond donors (Lipinski definition) is 1. The van der Waals surface area contributed by atoms with Crippen LogP contribution in [-0.4, -0.2) is 25.9 Å². The van der Waals surface area contributed by atoms with Crippen molar-refractivity contribution >= 4 is 22.9 Å². The molecule has 0 aromatic carbocycles. The van der Waals surface area contributed by atoms with Gasteiger partial charge >= 0.3 is 6.18 Å². The van der Waals surface area contributed by atoms with E-state index in [2.05, 4.69) is 10.1 Å². The number of nitrogens with one attached hydrogen (secondary N) is 1. The van der Waals surface area contributed by atoms with E-state index in [0.717, 1.165) is 11.4 Å². The van der Waals surface area contributed by atoms with Gasteiger partial charge in [0.2, 0.25) is 0 Å². The average Bonchev–Trinajstić information content (AvgIpc) is 2.68. The molecule has 0 fully saturated rings. The van der Waals surface area contributed by atoms with E-state index in [1.807, 2.05) is 13.0 Å². The van der Waals surface area contributed by atoms with Gasteiger partial charge in [0.25, 0.3) is 0 Å². The highest BCUT2D eigenvalue weighted by Gasteiger charge is 2.27. The predicted molar refractivity (Wildman–Crippen MR) is 67.2 cm³/mol. The van der Waals surface area contributed by atoms with Crippen LogP contribution in [0.25, 0.3) is 0 Å². The fourth-order valence-corrected chi connectivity index (χ4v) is 2.67. The van der Waals surface area contributed by atoms with Crippen LogP contribution in [0.2, 0.25) is 4.34 Å². The molecular weight excluding hydrogens is 287 g/mol. The molecule has 0 aliphatic carbocycles. The van der Waals surface area contributed by atoms with Crippen molar-refractivity contribution in [3.63, 3.8) is 0 Å². The highest BCUT2D eigenvalue weighted by atomic mass is 35.5. The lowest BCUT2D eigenvalue weighted by atomic mass is 10.2. The Balaban J connectivity index is 2.39. The van der Waals surface area contributed by atoms with Gasteiger partial charge in [-0.25, -0.2) is 0 Å². The first-order valence-electron chi connectivity index (χ1n) is 5.55. The van der Waals surface area contributed by atoms with Crippen LogP contribution >= 0.6 is 22.9 Å². The largest absolute Gasteiger partial charge is 0.411 e. The Hall–Kier alpha value is -0.300. The molecule has 0 amide bonds. The van der Waals surface area contributed by atoms with Gasteiger partial charge in [0, 0.05) is 17.5 Å². The van der Waals surface area contributed by atoms with Crippen molar-refractivity contribution in [2.24, 2.45) is 0 Å². The number of alkyl halides is 3. The third-order valence-electron chi connectivity index (χ3n) is 2.20. The van der Waals surface area contributed by atoms with Gasteiger partial charge < -0.3 is 10.1 Å².